The van der Waals surface area contributed by atoms with E-state index in [-0.39, 0.29) is 0 Å². The molecule has 0 spiro atoms. The van der Waals surface area contributed by atoms with Crippen LogP contribution < -0.4 is 16.8 Å². The number of nitrogens with one attached hydrogen (secondary N) is 2. The molecule has 5 rings (SSSR count). The van der Waals surface area contributed by atoms with Crippen molar-refractivity contribution in [3.63, 3.8) is 0 Å². The molecule has 35 heavy (non-hydrogen) atoms. The summed E-state index contributed by atoms with van der Waals surface area (Å²) < 4.78 is 0. The summed E-state index contributed by atoms with van der Waals surface area (Å²) in [5, 5.41) is 5.32. The summed E-state index contributed by atoms with van der Waals surface area (Å²) in [6.45, 7) is 2.48. The summed E-state index contributed by atoms with van der Waals surface area (Å²) in [6.07, 6.45) is 9.03. The van der Waals surface area contributed by atoms with Crippen molar-refractivity contribution >= 4 is 39.0 Å². The zero-order valence-corrected chi connectivity index (χ0v) is 20.0. The lowest BCUT2D eigenvalue weighted by atomic mass is 10.0. The van der Waals surface area contributed by atoms with Gasteiger partial charge in [-0.25, -0.2) is 9.78 Å². The van der Waals surface area contributed by atoms with Crippen LogP contribution in [0.25, 0.3) is 10.8 Å². The number of anilines is 1. The molecule has 1 aromatic carbocycles. The van der Waals surface area contributed by atoms with E-state index in [0.717, 1.165) is 71.8 Å². The first-order valence-electron chi connectivity index (χ1n) is 11.6. The molecule has 0 radical (unpaired) electrons. The maximum atomic E-state index is 11.9. The van der Waals surface area contributed by atoms with E-state index >= 15 is 0 Å². The van der Waals surface area contributed by atoms with Crippen LogP contribution in [-0.4, -0.2) is 44.9 Å². The number of aryl methyl sites for hydroxylation is 1. The predicted octanol–water partition coefficient (Wildman–Crippen LogP) is 3.19. The molecule has 0 fully saturated rings. The van der Waals surface area contributed by atoms with Gasteiger partial charge in [-0.2, -0.15) is 0 Å². The molecule has 0 bridgehead atoms. The van der Waals surface area contributed by atoms with E-state index in [9.17, 15) is 9.59 Å². The van der Waals surface area contributed by atoms with Gasteiger partial charge in [0.15, 0.2) is 0 Å². The smallest absolute Gasteiger partial charge is 0.317 e. The number of amides is 3. The first-order valence-corrected chi connectivity index (χ1v) is 12.4. The SMILES string of the molecule is NC(=O)Nc1sc2c(c1C(N)=O)CCN(CCCc1cnc(Cc3cncc4ccccc34)[nH]1)C2. The minimum absolute atomic E-state index is 0.398. The Balaban J connectivity index is 1.18. The van der Waals surface area contributed by atoms with Crippen LogP contribution in [-0.2, 0) is 25.8 Å². The van der Waals surface area contributed by atoms with Crippen LogP contribution in [0.3, 0.4) is 0 Å². The second-order valence-corrected chi connectivity index (χ2v) is 9.85. The van der Waals surface area contributed by atoms with Crippen LogP contribution in [0.15, 0.2) is 42.9 Å². The Morgan fingerprint density at radius 2 is 2.03 bits per heavy atom. The molecule has 9 nitrogen and oxygen atoms in total. The van der Waals surface area contributed by atoms with E-state index in [2.05, 4.69) is 37.3 Å². The predicted molar refractivity (Wildman–Crippen MR) is 136 cm³/mol. The van der Waals surface area contributed by atoms with Crippen molar-refractivity contribution in [3.05, 3.63) is 75.9 Å². The molecule has 3 aromatic heterocycles. The van der Waals surface area contributed by atoms with E-state index in [1.807, 2.05) is 30.7 Å². The zero-order valence-electron chi connectivity index (χ0n) is 19.2. The Bertz CT molecular complexity index is 1390. The minimum Gasteiger partial charge on any atom is -0.365 e. The highest BCUT2D eigenvalue weighted by Crippen LogP contribution is 2.36. The van der Waals surface area contributed by atoms with Gasteiger partial charge in [-0.3, -0.25) is 20.0 Å². The van der Waals surface area contributed by atoms with Gasteiger partial charge in [-0.05, 0) is 42.3 Å². The van der Waals surface area contributed by atoms with Crippen molar-refractivity contribution < 1.29 is 9.59 Å². The van der Waals surface area contributed by atoms with E-state index < -0.39 is 11.9 Å². The molecule has 6 N–H and O–H groups in total. The number of nitrogens with zero attached hydrogens (tertiary/aromatic N) is 3. The van der Waals surface area contributed by atoms with Crippen LogP contribution in [0.2, 0.25) is 0 Å². The molecule has 3 amide bonds. The highest BCUT2D eigenvalue weighted by molar-refractivity contribution is 7.17. The topological polar surface area (TPSA) is 143 Å². The third-order valence-corrected chi connectivity index (χ3v) is 7.46. The van der Waals surface area contributed by atoms with Gasteiger partial charge >= 0.3 is 6.03 Å². The van der Waals surface area contributed by atoms with Gasteiger partial charge in [0.05, 0.1) is 5.56 Å². The number of carbonyl (C=O) groups excluding carboxylic acids is 2. The van der Waals surface area contributed by atoms with Gasteiger partial charge in [-0.15, -0.1) is 11.3 Å². The quantitative estimate of drug-likeness (QED) is 0.301. The van der Waals surface area contributed by atoms with Crippen LogP contribution in [0.1, 0.15) is 44.3 Å². The van der Waals surface area contributed by atoms with Crippen molar-refractivity contribution in [1.29, 1.82) is 0 Å². The number of imidazole rings is 1. The van der Waals surface area contributed by atoms with Crippen LogP contribution in [0, 0.1) is 0 Å². The summed E-state index contributed by atoms with van der Waals surface area (Å²) in [6, 6.07) is 7.56. The highest BCUT2D eigenvalue weighted by Gasteiger charge is 2.27. The standard InChI is InChI=1S/C25H27N7O2S/c26-23(33)22-19-7-9-32(14-20(19)35-24(22)31-25(27)34)8-3-5-17-13-29-21(30-17)10-16-12-28-11-15-4-1-2-6-18(15)16/h1-2,4,6,11-13H,3,5,7-10,14H2,(H2,26,33)(H,29,30)(H3,27,31,34). The number of urea groups is 1. The van der Waals surface area contributed by atoms with Crippen molar-refractivity contribution in [2.75, 3.05) is 18.4 Å². The van der Waals surface area contributed by atoms with Crippen molar-refractivity contribution in [2.24, 2.45) is 11.5 Å². The number of thiophene rings is 1. The minimum atomic E-state index is -0.696. The second kappa shape index (κ2) is 9.85. The number of hydrogen-bond acceptors (Lipinski definition) is 6. The number of aromatic amines is 1. The Labute approximate surface area is 206 Å². The first-order chi connectivity index (χ1) is 17.0. The number of aromatic nitrogens is 3. The Morgan fingerprint density at radius 3 is 2.86 bits per heavy atom. The third kappa shape index (κ3) is 5.03. The highest BCUT2D eigenvalue weighted by atomic mass is 32.1. The van der Waals surface area contributed by atoms with Crippen LogP contribution >= 0.6 is 11.3 Å². The third-order valence-electron chi connectivity index (χ3n) is 6.33. The van der Waals surface area contributed by atoms with Crippen LogP contribution in [0.4, 0.5) is 9.80 Å². The molecule has 0 saturated heterocycles. The summed E-state index contributed by atoms with van der Waals surface area (Å²) in [7, 11) is 0. The van der Waals surface area contributed by atoms with Crippen molar-refractivity contribution in [2.45, 2.75) is 32.2 Å². The molecule has 1 aliphatic heterocycles. The average Bonchev–Trinajstić information content (AvgIpc) is 3.42. The number of nitrogens with two attached hydrogens (primary N) is 2. The Kier molecular flexibility index (Phi) is 6.47. The molecule has 0 saturated carbocycles. The number of carbonyl (C=O) groups is 2. The van der Waals surface area contributed by atoms with Gasteiger partial charge in [-0.1, -0.05) is 24.3 Å². The number of rotatable bonds is 8. The van der Waals surface area contributed by atoms with Gasteiger partial charge < -0.3 is 16.5 Å². The summed E-state index contributed by atoms with van der Waals surface area (Å²) in [5.41, 5.74) is 14.4. The van der Waals surface area contributed by atoms with E-state index in [1.165, 1.54) is 16.7 Å². The number of primary amides is 2. The normalized spacial score (nSPS) is 13.6. The Hall–Kier alpha value is -3.76. The molecule has 0 unspecified atom stereocenters. The number of pyridine rings is 1. The molecule has 0 aliphatic carbocycles. The lowest BCUT2D eigenvalue weighted by Crippen LogP contribution is -2.31. The molecule has 0 atom stereocenters. The average molecular weight is 490 g/mol. The maximum Gasteiger partial charge on any atom is 0.317 e. The fourth-order valence-electron chi connectivity index (χ4n) is 4.72. The number of hydrogen-bond donors (Lipinski definition) is 4. The van der Waals surface area contributed by atoms with E-state index in [1.54, 1.807) is 0 Å². The van der Waals surface area contributed by atoms with Gasteiger partial charge in [0.1, 0.15) is 10.8 Å². The first kappa shape index (κ1) is 23.0. The number of benzene rings is 1. The number of H-pyrrole nitrogens is 1. The summed E-state index contributed by atoms with van der Waals surface area (Å²) in [5.74, 6) is 0.404. The lowest BCUT2D eigenvalue weighted by Gasteiger charge is -2.26. The molecular formula is C25H27N7O2S. The number of fused-ring (bicyclic) bond motifs is 2. The second-order valence-electron chi connectivity index (χ2n) is 8.74. The maximum absolute atomic E-state index is 11.9. The molecule has 4 heterocycles. The molecule has 1 aliphatic rings. The molecule has 10 heteroatoms. The van der Waals surface area contributed by atoms with Gasteiger partial charge in [0.2, 0.25) is 0 Å². The van der Waals surface area contributed by atoms with Gasteiger partial charge in [0.25, 0.3) is 5.91 Å². The van der Waals surface area contributed by atoms with Crippen LogP contribution in [0.5, 0.6) is 0 Å². The van der Waals surface area contributed by atoms with E-state index in [4.69, 9.17) is 11.5 Å². The fraction of sp³-hybridized carbons (Fsp3) is 0.280. The largest absolute Gasteiger partial charge is 0.365 e. The molecule has 180 valence electrons. The van der Waals surface area contributed by atoms with Gasteiger partial charge in [0, 0.05) is 54.1 Å². The van der Waals surface area contributed by atoms with Crippen molar-refractivity contribution in [3.8, 4) is 0 Å². The lowest BCUT2D eigenvalue weighted by molar-refractivity contribution is 0.1000. The summed E-state index contributed by atoms with van der Waals surface area (Å²) >= 11 is 1.38. The summed E-state index contributed by atoms with van der Waals surface area (Å²) in [4.78, 5) is 39.1. The fourth-order valence-corrected chi connectivity index (χ4v) is 6.02. The van der Waals surface area contributed by atoms with Crippen molar-refractivity contribution in [1.82, 2.24) is 19.9 Å². The molecule has 4 aromatic rings. The molecular weight excluding hydrogens is 462 g/mol. The zero-order chi connectivity index (χ0) is 24.4. The monoisotopic (exact) mass is 489 g/mol. The van der Waals surface area contributed by atoms with E-state index in [0.29, 0.717) is 17.0 Å². The Morgan fingerprint density at radius 1 is 1.17 bits per heavy atom.